The molecule has 4 amide bonds. The van der Waals surface area contributed by atoms with Crippen molar-refractivity contribution >= 4 is 63.8 Å². The molecule has 0 spiro atoms. The van der Waals surface area contributed by atoms with E-state index >= 15 is 0 Å². The van der Waals surface area contributed by atoms with Crippen LogP contribution < -0.4 is 19.7 Å². The summed E-state index contributed by atoms with van der Waals surface area (Å²) >= 11 is 8.47. The number of benzene rings is 3. The van der Waals surface area contributed by atoms with Gasteiger partial charge in [0.2, 0.25) is 0 Å². The lowest BCUT2D eigenvalue weighted by molar-refractivity contribution is -0.122. The quantitative estimate of drug-likeness (QED) is 0.121. The fourth-order valence-corrected chi connectivity index (χ4v) is 4.55. The summed E-state index contributed by atoms with van der Waals surface area (Å²) in [6, 6.07) is 15.5. The first-order valence-electron chi connectivity index (χ1n) is 12.2. The summed E-state index contributed by atoms with van der Waals surface area (Å²) in [5.41, 5.74) is 3.15. The Morgan fingerprint density at radius 1 is 1.05 bits per heavy atom. The zero-order valence-corrected chi connectivity index (χ0v) is 24.3. The molecule has 1 fully saturated rings. The first-order chi connectivity index (χ1) is 18.7. The van der Waals surface area contributed by atoms with Crippen molar-refractivity contribution < 1.29 is 23.9 Å². The van der Waals surface area contributed by atoms with Crippen molar-refractivity contribution in [1.29, 1.82) is 0 Å². The molecule has 0 aromatic heterocycles. The van der Waals surface area contributed by atoms with Crippen molar-refractivity contribution in [3.8, 4) is 11.5 Å². The Morgan fingerprint density at radius 2 is 1.79 bits per heavy atom. The third-order valence-corrected chi connectivity index (χ3v) is 7.07. The average Bonchev–Trinajstić information content (AvgIpc) is 2.89. The Bertz CT molecular complexity index is 1480. The molecular formula is C30H26ClIN2O5. The van der Waals surface area contributed by atoms with Crippen LogP contribution in [0.1, 0.15) is 29.2 Å². The van der Waals surface area contributed by atoms with Crippen LogP contribution in [0, 0.1) is 10.5 Å². The fourth-order valence-electron chi connectivity index (χ4n) is 4.02. The largest absolute Gasteiger partial charge is 0.490 e. The van der Waals surface area contributed by atoms with Crippen molar-refractivity contribution in [3.05, 3.63) is 104 Å². The summed E-state index contributed by atoms with van der Waals surface area (Å²) in [6.07, 6.45) is 3.64. The maximum Gasteiger partial charge on any atom is 0.335 e. The van der Waals surface area contributed by atoms with E-state index in [1.54, 1.807) is 24.3 Å². The second-order valence-corrected chi connectivity index (χ2v) is 10.4. The van der Waals surface area contributed by atoms with Gasteiger partial charge in [0, 0.05) is 14.2 Å². The summed E-state index contributed by atoms with van der Waals surface area (Å²) in [5, 5.41) is 2.63. The predicted molar refractivity (Wildman–Crippen MR) is 160 cm³/mol. The van der Waals surface area contributed by atoms with Crippen LogP contribution in [0.4, 0.5) is 10.5 Å². The number of urea groups is 1. The highest BCUT2D eigenvalue weighted by Crippen LogP contribution is 2.36. The summed E-state index contributed by atoms with van der Waals surface area (Å²) in [5.74, 6) is -0.522. The van der Waals surface area contributed by atoms with Gasteiger partial charge in [-0.3, -0.25) is 14.9 Å². The van der Waals surface area contributed by atoms with Gasteiger partial charge in [-0.05, 0) is 102 Å². The van der Waals surface area contributed by atoms with Crippen LogP contribution in [0.5, 0.6) is 11.5 Å². The monoisotopic (exact) mass is 656 g/mol. The average molecular weight is 657 g/mol. The first kappa shape index (κ1) is 28.4. The predicted octanol–water partition coefficient (Wildman–Crippen LogP) is 6.63. The van der Waals surface area contributed by atoms with Gasteiger partial charge in [-0.2, -0.15) is 0 Å². The highest BCUT2D eigenvalue weighted by atomic mass is 127. The zero-order chi connectivity index (χ0) is 28.1. The number of hydrogen-bond donors (Lipinski definition) is 1. The number of barbiturate groups is 1. The number of halogens is 2. The normalized spacial score (nSPS) is 14.4. The SMILES string of the molecule is C=CCc1cc(/C=C2/C(=O)NC(=O)N(c3ccc(C)c(Cl)c3)C2=O)cc(OCC)c1OCc1ccc(I)cc1. The van der Waals surface area contributed by atoms with Crippen LogP contribution in [0.3, 0.4) is 0 Å². The van der Waals surface area contributed by atoms with E-state index in [4.69, 9.17) is 21.1 Å². The Kier molecular flexibility index (Phi) is 9.08. The van der Waals surface area contributed by atoms with Gasteiger partial charge in [0.05, 0.1) is 12.3 Å². The number of ether oxygens (including phenoxy) is 2. The van der Waals surface area contributed by atoms with Gasteiger partial charge in [0.25, 0.3) is 11.8 Å². The number of amides is 4. The van der Waals surface area contributed by atoms with Gasteiger partial charge in [-0.25, -0.2) is 9.69 Å². The number of carbonyl (C=O) groups excluding carboxylic acids is 3. The fraction of sp³-hybridized carbons (Fsp3) is 0.167. The molecule has 0 unspecified atom stereocenters. The highest BCUT2D eigenvalue weighted by Gasteiger charge is 2.37. The lowest BCUT2D eigenvalue weighted by Gasteiger charge is -2.26. The Balaban J connectivity index is 1.72. The first-order valence-corrected chi connectivity index (χ1v) is 13.6. The van der Waals surface area contributed by atoms with Gasteiger partial charge in [-0.1, -0.05) is 35.9 Å². The van der Waals surface area contributed by atoms with Gasteiger partial charge in [-0.15, -0.1) is 6.58 Å². The molecule has 1 N–H and O–H groups in total. The number of hydrogen-bond acceptors (Lipinski definition) is 5. The van der Waals surface area contributed by atoms with Crippen LogP contribution in [0.2, 0.25) is 5.02 Å². The minimum Gasteiger partial charge on any atom is -0.490 e. The molecule has 0 radical (unpaired) electrons. The van der Waals surface area contributed by atoms with Crippen LogP contribution in [0.25, 0.3) is 6.08 Å². The number of nitrogens with zero attached hydrogens (tertiary/aromatic N) is 1. The molecule has 1 saturated heterocycles. The topological polar surface area (TPSA) is 84.9 Å². The third-order valence-electron chi connectivity index (χ3n) is 5.94. The molecule has 1 aliphatic rings. The maximum absolute atomic E-state index is 13.4. The zero-order valence-electron chi connectivity index (χ0n) is 21.4. The van der Waals surface area contributed by atoms with Crippen molar-refractivity contribution in [2.24, 2.45) is 0 Å². The van der Waals surface area contributed by atoms with E-state index in [1.807, 2.05) is 44.2 Å². The number of allylic oxidation sites excluding steroid dienone is 1. The van der Waals surface area contributed by atoms with Crippen LogP contribution in [0.15, 0.2) is 72.8 Å². The number of carbonyl (C=O) groups is 3. The minimum atomic E-state index is -0.844. The summed E-state index contributed by atoms with van der Waals surface area (Å²) in [4.78, 5) is 39.6. The van der Waals surface area contributed by atoms with Crippen LogP contribution in [-0.4, -0.2) is 24.5 Å². The van der Waals surface area contributed by atoms with Crippen molar-refractivity contribution in [2.45, 2.75) is 26.9 Å². The number of rotatable bonds is 9. The van der Waals surface area contributed by atoms with Crippen LogP contribution in [-0.2, 0) is 22.6 Å². The van der Waals surface area contributed by atoms with E-state index in [0.717, 1.165) is 25.2 Å². The minimum absolute atomic E-state index is 0.203. The maximum atomic E-state index is 13.4. The molecule has 7 nitrogen and oxygen atoms in total. The number of anilines is 1. The second kappa shape index (κ2) is 12.5. The molecule has 0 saturated carbocycles. The van der Waals surface area contributed by atoms with Gasteiger partial charge in [0.15, 0.2) is 11.5 Å². The van der Waals surface area contributed by atoms with Crippen LogP contribution >= 0.6 is 34.2 Å². The molecule has 39 heavy (non-hydrogen) atoms. The van der Waals surface area contributed by atoms with Crippen molar-refractivity contribution in [2.75, 3.05) is 11.5 Å². The second-order valence-electron chi connectivity index (χ2n) is 8.74. The number of aryl methyl sites for hydroxylation is 1. The molecule has 200 valence electrons. The Hall–Kier alpha value is -3.63. The van der Waals surface area contributed by atoms with E-state index in [2.05, 4.69) is 34.5 Å². The number of imide groups is 2. The van der Waals surface area contributed by atoms with Crippen molar-refractivity contribution in [3.63, 3.8) is 0 Å². The van der Waals surface area contributed by atoms with Gasteiger partial charge < -0.3 is 9.47 Å². The molecule has 0 bridgehead atoms. The molecule has 4 rings (SSSR count). The highest BCUT2D eigenvalue weighted by molar-refractivity contribution is 14.1. The van der Waals surface area contributed by atoms with E-state index < -0.39 is 17.8 Å². The summed E-state index contributed by atoms with van der Waals surface area (Å²) in [6.45, 7) is 8.23. The lowest BCUT2D eigenvalue weighted by Crippen LogP contribution is -2.54. The smallest absolute Gasteiger partial charge is 0.335 e. The molecule has 1 aliphatic heterocycles. The Labute approximate surface area is 245 Å². The molecule has 0 aliphatic carbocycles. The van der Waals surface area contributed by atoms with Gasteiger partial charge in [0.1, 0.15) is 12.2 Å². The Morgan fingerprint density at radius 3 is 2.46 bits per heavy atom. The van der Waals surface area contributed by atoms with Gasteiger partial charge >= 0.3 is 6.03 Å². The third kappa shape index (κ3) is 6.51. The summed E-state index contributed by atoms with van der Waals surface area (Å²) in [7, 11) is 0. The molecular weight excluding hydrogens is 631 g/mol. The van der Waals surface area contributed by atoms with E-state index in [0.29, 0.717) is 41.7 Å². The summed E-state index contributed by atoms with van der Waals surface area (Å²) < 4.78 is 13.2. The van der Waals surface area contributed by atoms with E-state index in [1.165, 1.54) is 12.1 Å². The molecule has 0 atom stereocenters. The molecule has 3 aromatic rings. The van der Waals surface area contributed by atoms with Crippen molar-refractivity contribution in [1.82, 2.24) is 5.32 Å². The van der Waals surface area contributed by atoms with E-state index in [9.17, 15) is 14.4 Å². The standard InChI is InChI=1S/C30H26ClIN2O5/c1-4-6-21-13-20(15-26(38-5-2)27(21)39-17-19-8-10-22(32)11-9-19)14-24-28(35)33-30(37)34(29(24)36)23-12-7-18(3)25(31)16-23/h4,7-16H,1,5-6,17H2,2-3H3,(H,33,35,37)/b24-14-. The molecule has 1 heterocycles. The lowest BCUT2D eigenvalue weighted by atomic mass is 10.0. The molecule has 9 heteroatoms. The molecule has 3 aromatic carbocycles. The van der Waals surface area contributed by atoms with E-state index in [-0.39, 0.29) is 11.3 Å². The number of nitrogens with one attached hydrogen (secondary N) is 1.